The van der Waals surface area contributed by atoms with Crippen molar-refractivity contribution in [2.45, 2.75) is 27.2 Å². The molecule has 9 nitrogen and oxygen atoms in total. The van der Waals surface area contributed by atoms with Gasteiger partial charge < -0.3 is 4.74 Å². The summed E-state index contributed by atoms with van der Waals surface area (Å²) >= 11 is 0. The normalized spacial score (nSPS) is 14.9. The molecule has 3 aromatic heterocycles. The summed E-state index contributed by atoms with van der Waals surface area (Å²) in [5.74, 6) is 3.45. The maximum absolute atomic E-state index is 12.6. The molecule has 0 bridgehead atoms. The van der Waals surface area contributed by atoms with E-state index in [0.717, 1.165) is 11.3 Å². The molecule has 0 saturated carbocycles. The zero-order valence-electron chi connectivity index (χ0n) is 17.5. The summed E-state index contributed by atoms with van der Waals surface area (Å²) in [6.45, 7) is 6.10. The Balaban J connectivity index is 1.47. The van der Waals surface area contributed by atoms with E-state index in [-0.39, 0.29) is 5.41 Å². The first kappa shape index (κ1) is 20.3. The second-order valence-corrected chi connectivity index (χ2v) is 7.91. The minimum Gasteiger partial charge on any atom is -0.455 e. The number of carbonyl (C=O) groups excluding carboxylic acids is 2. The number of urea groups is 1. The van der Waals surface area contributed by atoms with Crippen LogP contribution in [-0.2, 0) is 4.79 Å². The minimum absolute atomic E-state index is 0.354. The Bertz CT molecular complexity index is 1170. The first-order valence-electron chi connectivity index (χ1n) is 9.82. The van der Waals surface area contributed by atoms with Gasteiger partial charge in [-0.05, 0) is 31.5 Å². The van der Waals surface area contributed by atoms with Gasteiger partial charge in [-0.25, -0.2) is 14.6 Å². The number of aryl methyl sites for hydroxylation is 1. The molecule has 0 radical (unpaired) electrons. The number of ether oxygens (including phenoxy) is 1. The van der Waals surface area contributed by atoms with Crippen molar-refractivity contribution in [3.63, 3.8) is 0 Å². The Morgan fingerprint density at radius 2 is 2.16 bits per heavy atom. The number of nitrogens with zero attached hydrogens (tertiary/aromatic N) is 4. The number of aromatic amines is 1. The highest BCUT2D eigenvalue weighted by Crippen LogP contribution is 2.38. The fraction of sp³-hybridized carbons (Fsp3) is 0.273. The molecule has 0 aromatic carbocycles. The summed E-state index contributed by atoms with van der Waals surface area (Å²) in [6.07, 6.45) is 5.80. The highest BCUT2D eigenvalue weighted by atomic mass is 16.5. The van der Waals surface area contributed by atoms with Crippen LogP contribution >= 0.6 is 0 Å². The monoisotopic (exact) mass is 418 g/mol. The average Bonchev–Trinajstić information content (AvgIpc) is 3.37. The van der Waals surface area contributed by atoms with E-state index < -0.39 is 6.03 Å². The lowest BCUT2D eigenvalue weighted by molar-refractivity contribution is 0.228. The molecule has 158 valence electrons. The maximum atomic E-state index is 12.6. The first-order chi connectivity index (χ1) is 14.9. The summed E-state index contributed by atoms with van der Waals surface area (Å²) in [5, 5.41) is 9.43. The number of hydrogen-bond donors (Lipinski definition) is 2. The van der Waals surface area contributed by atoms with Gasteiger partial charge in [0.15, 0.2) is 0 Å². The maximum Gasteiger partial charge on any atom is 0.327 e. The molecule has 9 heteroatoms. The van der Waals surface area contributed by atoms with Crippen molar-refractivity contribution in [2.24, 2.45) is 5.41 Å². The van der Waals surface area contributed by atoms with Crippen LogP contribution in [-0.4, -0.2) is 43.6 Å². The zero-order chi connectivity index (χ0) is 22.0. The molecule has 0 aliphatic carbocycles. The molecule has 4 rings (SSSR count). The lowest BCUT2D eigenvalue weighted by atomic mass is 9.90. The topological polar surface area (TPSA) is 113 Å². The quantitative estimate of drug-likeness (QED) is 0.621. The smallest absolute Gasteiger partial charge is 0.327 e. The van der Waals surface area contributed by atoms with E-state index >= 15 is 0 Å². The standard InChI is InChI=1S/C22H22N6O3/c1-14-18(31-16-6-8-23-17(10-16)15-11-24-25-12-15)4-5-20(26-14)27-21(30)28-9-7-22(2,3)19(28)13-29/h4-6,8,10-12H,7,9H2,1-3H3,(H,24,25)(H,26,27,30). The third-order valence-electron chi connectivity index (χ3n) is 5.24. The van der Waals surface area contributed by atoms with Crippen molar-refractivity contribution >= 4 is 17.8 Å². The number of pyridine rings is 2. The Hall–Kier alpha value is -3.97. The van der Waals surface area contributed by atoms with Crippen molar-refractivity contribution < 1.29 is 14.3 Å². The van der Waals surface area contributed by atoms with Crippen molar-refractivity contribution in [1.82, 2.24) is 25.1 Å². The SMILES string of the molecule is Cc1nc(NC(=O)N2CCC(C)(C)C2=C=O)ccc1Oc1ccnc(-c2cn[nH]c2)c1. The molecule has 3 aromatic rings. The first-order valence-corrected chi connectivity index (χ1v) is 9.82. The highest BCUT2D eigenvalue weighted by molar-refractivity contribution is 5.91. The van der Waals surface area contributed by atoms with Gasteiger partial charge in [0.2, 0.25) is 0 Å². The molecule has 1 aliphatic rings. The van der Waals surface area contributed by atoms with Crippen LogP contribution in [0.3, 0.4) is 0 Å². The molecule has 1 saturated heterocycles. The van der Waals surface area contributed by atoms with Gasteiger partial charge in [-0.15, -0.1) is 0 Å². The molecule has 4 heterocycles. The molecule has 0 unspecified atom stereocenters. The van der Waals surface area contributed by atoms with Crippen molar-refractivity contribution in [3.05, 3.63) is 54.2 Å². The van der Waals surface area contributed by atoms with E-state index in [9.17, 15) is 9.59 Å². The Morgan fingerprint density at radius 3 is 2.87 bits per heavy atom. The van der Waals surface area contributed by atoms with E-state index in [4.69, 9.17) is 4.74 Å². The van der Waals surface area contributed by atoms with Crippen molar-refractivity contribution in [1.29, 1.82) is 0 Å². The van der Waals surface area contributed by atoms with Crippen LogP contribution in [0.15, 0.2) is 48.6 Å². The molecule has 0 atom stereocenters. The van der Waals surface area contributed by atoms with Crippen LogP contribution in [0.25, 0.3) is 11.3 Å². The van der Waals surface area contributed by atoms with Gasteiger partial charge in [-0.1, -0.05) is 13.8 Å². The molecule has 1 aliphatic heterocycles. The number of carbonyl (C=O) groups is 1. The summed E-state index contributed by atoms with van der Waals surface area (Å²) in [5.41, 5.74) is 2.17. The Morgan fingerprint density at radius 1 is 1.32 bits per heavy atom. The number of allylic oxidation sites excluding steroid dienone is 1. The van der Waals surface area contributed by atoms with Gasteiger partial charge in [0, 0.05) is 36.0 Å². The fourth-order valence-electron chi connectivity index (χ4n) is 3.44. The number of aromatic nitrogens is 4. The summed E-state index contributed by atoms with van der Waals surface area (Å²) in [6, 6.07) is 6.55. The van der Waals surface area contributed by atoms with Crippen LogP contribution in [0.2, 0.25) is 0 Å². The number of likely N-dealkylation sites (tertiary alicyclic amines) is 1. The lowest BCUT2D eigenvalue weighted by Gasteiger charge is -2.21. The van der Waals surface area contributed by atoms with Gasteiger partial charge in [-0.3, -0.25) is 20.3 Å². The van der Waals surface area contributed by atoms with Gasteiger partial charge in [0.1, 0.15) is 29.0 Å². The highest BCUT2D eigenvalue weighted by Gasteiger charge is 2.39. The molecule has 0 spiro atoms. The predicted octanol–water partition coefficient (Wildman–Crippen LogP) is 3.95. The number of amides is 2. The largest absolute Gasteiger partial charge is 0.455 e. The fourth-order valence-corrected chi connectivity index (χ4v) is 3.44. The summed E-state index contributed by atoms with van der Waals surface area (Å²) in [4.78, 5) is 34.1. The molecule has 2 N–H and O–H groups in total. The van der Waals surface area contributed by atoms with E-state index in [0.29, 0.717) is 41.7 Å². The summed E-state index contributed by atoms with van der Waals surface area (Å²) < 4.78 is 5.96. The van der Waals surface area contributed by atoms with Crippen LogP contribution < -0.4 is 10.1 Å². The third kappa shape index (κ3) is 4.17. The van der Waals surface area contributed by atoms with Crippen LogP contribution in [0.5, 0.6) is 11.5 Å². The molecule has 2 amide bonds. The lowest BCUT2D eigenvalue weighted by Crippen LogP contribution is -2.33. The number of rotatable bonds is 4. The van der Waals surface area contributed by atoms with Crippen molar-refractivity contribution in [2.75, 3.05) is 11.9 Å². The van der Waals surface area contributed by atoms with E-state index in [1.807, 2.05) is 25.9 Å². The predicted molar refractivity (Wildman–Crippen MR) is 114 cm³/mol. The Kier molecular flexibility index (Phi) is 5.27. The number of hydrogen-bond acceptors (Lipinski definition) is 6. The van der Waals surface area contributed by atoms with Gasteiger partial charge >= 0.3 is 6.03 Å². The average molecular weight is 418 g/mol. The van der Waals surface area contributed by atoms with Crippen LogP contribution in [0, 0.1) is 12.3 Å². The van der Waals surface area contributed by atoms with E-state index in [1.54, 1.807) is 43.7 Å². The van der Waals surface area contributed by atoms with Gasteiger partial charge in [-0.2, -0.15) is 5.10 Å². The molecular weight excluding hydrogens is 396 g/mol. The van der Waals surface area contributed by atoms with Gasteiger partial charge in [0.25, 0.3) is 0 Å². The number of nitrogens with one attached hydrogen (secondary N) is 2. The molecular formula is C22H22N6O3. The van der Waals surface area contributed by atoms with Crippen LogP contribution in [0.4, 0.5) is 10.6 Å². The number of anilines is 1. The van der Waals surface area contributed by atoms with Crippen molar-refractivity contribution in [3.8, 4) is 22.8 Å². The Labute approximate surface area is 179 Å². The minimum atomic E-state index is -0.400. The molecule has 1 fully saturated rings. The van der Waals surface area contributed by atoms with E-state index in [2.05, 4.69) is 25.5 Å². The number of H-pyrrole nitrogens is 1. The van der Waals surface area contributed by atoms with Gasteiger partial charge in [0.05, 0.1) is 17.6 Å². The second-order valence-electron chi connectivity index (χ2n) is 7.91. The second kappa shape index (κ2) is 8.04. The molecule has 31 heavy (non-hydrogen) atoms. The summed E-state index contributed by atoms with van der Waals surface area (Å²) in [7, 11) is 0. The van der Waals surface area contributed by atoms with Crippen LogP contribution in [0.1, 0.15) is 26.0 Å². The van der Waals surface area contributed by atoms with E-state index in [1.165, 1.54) is 4.90 Å². The zero-order valence-corrected chi connectivity index (χ0v) is 17.5. The third-order valence-corrected chi connectivity index (χ3v) is 5.24.